The molecule has 14 nitrogen and oxygen atoms in total. The van der Waals surface area contributed by atoms with E-state index in [1.165, 1.54) is 24.1 Å². The predicted molar refractivity (Wildman–Crippen MR) is 258 cm³/mol. The molecule has 0 saturated carbocycles. The van der Waals surface area contributed by atoms with Gasteiger partial charge in [0, 0.05) is 88.1 Å². The molecule has 2 aromatic heterocycles. The van der Waals surface area contributed by atoms with Crippen molar-refractivity contribution in [3.8, 4) is 29.0 Å². The molecule has 1 unspecified atom stereocenters. The summed E-state index contributed by atoms with van der Waals surface area (Å²) in [5.74, 6) is 7.85. The number of carbonyl (C=O) groups excluding carboxylic acids is 3. The van der Waals surface area contributed by atoms with Gasteiger partial charge in [-0.2, -0.15) is 5.10 Å². The highest BCUT2D eigenvalue weighted by atomic mass is 16.5. The molecular formula is C52H62N10O4. The number of ether oxygens (including phenoxy) is 1. The maximum atomic E-state index is 13.2. The summed E-state index contributed by atoms with van der Waals surface area (Å²) in [6.07, 6.45) is 10.8. The lowest BCUT2D eigenvalue weighted by Crippen LogP contribution is -2.52. The molecule has 2 bridgehead atoms. The molecule has 2 saturated heterocycles. The van der Waals surface area contributed by atoms with Gasteiger partial charge in [0.25, 0.3) is 5.91 Å². The van der Waals surface area contributed by atoms with Gasteiger partial charge in [0.2, 0.25) is 23.7 Å². The summed E-state index contributed by atoms with van der Waals surface area (Å²) in [4.78, 5) is 56.4. The zero-order valence-electron chi connectivity index (χ0n) is 38.7. The smallest absolute Gasteiger partial charge is 0.255 e. The number of amides is 3. The molecule has 2 fully saturated rings. The van der Waals surface area contributed by atoms with Crippen LogP contribution < -0.4 is 20.3 Å². The molecule has 344 valence electrons. The first-order valence-corrected chi connectivity index (χ1v) is 23.9. The van der Waals surface area contributed by atoms with Crippen molar-refractivity contribution in [2.45, 2.75) is 97.2 Å². The van der Waals surface area contributed by atoms with Gasteiger partial charge in [-0.3, -0.25) is 29.6 Å². The molecule has 5 aliphatic heterocycles. The Bertz CT molecular complexity index is 2600. The van der Waals surface area contributed by atoms with Gasteiger partial charge in [0.15, 0.2) is 0 Å². The number of hydrogen-bond donors (Lipinski definition) is 2. The van der Waals surface area contributed by atoms with Crippen molar-refractivity contribution in [1.29, 1.82) is 0 Å². The number of aliphatic imine (C=N–C) groups is 1. The van der Waals surface area contributed by atoms with Crippen molar-refractivity contribution in [1.82, 2.24) is 34.8 Å². The molecule has 7 heterocycles. The Morgan fingerprint density at radius 2 is 1.74 bits per heavy atom. The number of nitrogens with zero attached hydrogens (tertiary/aromatic N) is 8. The molecule has 2 N–H and O–H groups in total. The number of fused-ring (bicyclic) bond motifs is 8. The van der Waals surface area contributed by atoms with Gasteiger partial charge < -0.3 is 24.8 Å². The lowest BCUT2D eigenvalue weighted by atomic mass is 10.0. The Morgan fingerprint density at radius 3 is 2.59 bits per heavy atom. The third kappa shape index (κ3) is 10.1. The van der Waals surface area contributed by atoms with Crippen LogP contribution in [0.3, 0.4) is 0 Å². The fraction of sp³-hybridized carbons (Fsp3) is 0.462. The van der Waals surface area contributed by atoms with Crippen LogP contribution in [-0.2, 0) is 29.7 Å². The Kier molecular flexibility index (Phi) is 13.6. The quantitative estimate of drug-likeness (QED) is 0.101. The van der Waals surface area contributed by atoms with E-state index in [1.54, 1.807) is 15.6 Å². The van der Waals surface area contributed by atoms with Gasteiger partial charge in [-0.1, -0.05) is 50.3 Å². The summed E-state index contributed by atoms with van der Waals surface area (Å²) in [5.41, 5.74) is 10.0. The number of piperazine rings is 1. The number of hydrogen-bond acceptors (Lipinski definition) is 11. The largest absolute Gasteiger partial charge is 0.477 e. The summed E-state index contributed by atoms with van der Waals surface area (Å²) in [6.45, 7) is 16.9. The second-order valence-corrected chi connectivity index (χ2v) is 18.6. The first-order valence-electron chi connectivity index (χ1n) is 23.9. The first-order chi connectivity index (χ1) is 32.1. The maximum Gasteiger partial charge on any atom is 0.255 e. The van der Waals surface area contributed by atoms with E-state index < -0.39 is 11.9 Å². The molecule has 5 aliphatic rings. The minimum atomic E-state index is -0.620. The summed E-state index contributed by atoms with van der Waals surface area (Å²) in [7, 11) is 1.91. The highest BCUT2D eigenvalue weighted by Crippen LogP contribution is 2.37. The van der Waals surface area contributed by atoms with Gasteiger partial charge in [-0.25, -0.2) is 9.67 Å². The highest BCUT2D eigenvalue weighted by molar-refractivity contribution is 6.16. The van der Waals surface area contributed by atoms with E-state index in [-0.39, 0.29) is 18.2 Å². The number of carbonyl (C=O) groups is 3. The number of aryl methyl sites for hydroxylation is 2. The summed E-state index contributed by atoms with van der Waals surface area (Å²) >= 11 is 0. The van der Waals surface area contributed by atoms with E-state index in [0.717, 1.165) is 136 Å². The van der Waals surface area contributed by atoms with Gasteiger partial charge in [-0.15, -0.1) is 0 Å². The normalized spacial score (nSPS) is 21.1. The molecular weight excluding hydrogens is 829 g/mol. The Morgan fingerprint density at radius 1 is 0.909 bits per heavy atom. The fourth-order valence-electron chi connectivity index (χ4n) is 9.85. The number of pyridine rings is 1. The maximum absolute atomic E-state index is 13.2. The number of benzene rings is 2. The Balaban J connectivity index is 0.744. The van der Waals surface area contributed by atoms with Crippen LogP contribution in [0, 0.1) is 24.7 Å². The van der Waals surface area contributed by atoms with Crippen molar-refractivity contribution >= 4 is 40.8 Å². The summed E-state index contributed by atoms with van der Waals surface area (Å²) in [6, 6.07) is 15.9. The predicted octanol–water partition coefficient (Wildman–Crippen LogP) is 7.13. The van der Waals surface area contributed by atoms with Crippen molar-refractivity contribution < 1.29 is 19.1 Å². The van der Waals surface area contributed by atoms with Crippen LogP contribution >= 0.6 is 0 Å². The third-order valence-electron chi connectivity index (χ3n) is 13.7. The molecule has 9 rings (SSSR count). The number of piperidine rings is 1. The second kappa shape index (κ2) is 20.1. The summed E-state index contributed by atoms with van der Waals surface area (Å²) < 4.78 is 8.09. The molecule has 2 aromatic carbocycles. The minimum Gasteiger partial charge on any atom is -0.477 e. The average Bonchev–Trinajstić information content (AvgIpc) is 3.96. The number of imide groups is 1. The minimum absolute atomic E-state index is 0.164. The molecule has 66 heavy (non-hydrogen) atoms. The number of anilines is 2. The molecule has 2 atom stereocenters. The zero-order valence-corrected chi connectivity index (χ0v) is 38.7. The molecule has 14 heteroatoms. The number of aromatic nitrogens is 3. The molecule has 4 aromatic rings. The number of guanidine groups is 1. The molecule has 0 aliphatic carbocycles. The Hall–Kier alpha value is -6.30. The summed E-state index contributed by atoms with van der Waals surface area (Å²) in [5, 5.41) is 10.5. The number of rotatable bonds is 9. The van der Waals surface area contributed by atoms with Crippen molar-refractivity contribution in [2.75, 3.05) is 56.1 Å². The lowest BCUT2D eigenvalue weighted by Gasteiger charge is -2.34. The van der Waals surface area contributed by atoms with E-state index in [0.29, 0.717) is 36.8 Å². The standard InChI is InChI=1S/C52H62N10O4/c1-35-13-12-28-66-51-42(32-53-58(51)4)45-31-40(29-36(2)54-45)37(3)55-52-56-44-18-17-38(30-47(44)61(52)23-21-35)33-60-26-24-59(25-27-60)22-10-8-6-5-7-9-14-39-15-11-16-41-43(39)34-62(50(41)65)46-19-20-48(63)57-49(46)64/h11,15-18,29-32,35,46H,3,5-8,10,12-13,19-28,33-34H2,1-2,4H3,(H,55,56)(H,57,63,64)/t35-,46?/m1/s1. The fourth-order valence-corrected chi connectivity index (χ4v) is 9.85. The Labute approximate surface area is 388 Å². The van der Waals surface area contributed by atoms with Gasteiger partial charge >= 0.3 is 0 Å². The van der Waals surface area contributed by atoms with Crippen molar-refractivity contribution in [3.63, 3.8) is 0 Å². The monoisotopic (exact) mass is 890 g/mol. The van der Waals surface area contributed by atoms with Crippen LogP contribution in [0.5, 0.6) is 5.88 Å². The first kappa shape index (κ1) is 44.9. The number of unbranched alkanes of at least 4 members (excludes halogenated alkanes) is 4. The van der Waals surface area contributed by atoms with E-state index in [1.807, 2.05) is 44.4 Å². The lowest BCUT2D eigenvalue weighted by molar-refractivity contribution is -0.136. The third-order valence-corrected chi connectivity index (χ3v) is 13.7. The van der Waals surface area contributed by atoms with Gasteiger partial charge in [0.05, 0.1) is 41.1 Å². The van der Waals surface area contributed by atoms with Crippen LogP contribution in [0.25, 0.3) is 17.0 Å². The van der Waals surface area contributed by atoms with E-state index >= 15 is 0 Å². The highest BCUT2D eigenvalue weighted by Gasteiger charge is 2.39. The van der Waals surface area contributed by atoms with Crippen LogP contribution in [0.2, 0.25) is 0 Å². The van der Waals surface area contributed by atoms with E-state index in [2.05, 4.69) is 74.0 Å². The van der Waals surface area contributed by atoms with Crippen LogP contribution in [0.1, 0.15) is 109 Å². The molecule has 0 radical (unpaired) electrons. The second-order valence-electron chi connectivity index (χ2n) is 18.6. The van der Waals surface area contributed by atoms with E-state index in [4.69, 9.17) is 14.7 Å². The molecule has 0 spiro atoms. The number of nitrogens with one attached hydrogen (secondary N) is 2. The van der Waals surface area contributed by atoms with Crippen molar-refractivity contribution in [3.05, 3.63) is 94.8 Å². The van der Waals surface area contributed by atoms with Gasteiger partial charge in [0.1, 0.15) is 6.04 Å². The van der Waals surface area contributed by atoms with E-state index in [9.17, 15) is 14.4 Å². The van der Waals surface area contributed by atoms with Crippen LogP contribution in [0.4, 0.5) is 11.4 Å². The average molecular weight is 891 g/mol. The molecule has 3 amide bonds. The van der Waals surface area contributed by atoms with Crippen molar-refractivity contribution in [2.24, 2.45) is 18.0 Å². The SMILES string of the molecule is C=C1/N=C2\Nc3ccc(CN4CCN(CCCCCCC#Cc5cccc6c5CN(C5CCC(=O)NC5=O)C6=O)CC4)cc3N2CC[C@H](C)CCCOc2c(cnn2C)-c2cc1cc(C)n2. The van der Waals surface area contributed by atoms with Crippen LogP contribution in [0.15, 0.2) is 66.3 Å². The van der Waals surface area contributed by atoms with Crippen LogP contribution in [-0.4, -0.2) is 105 Å². The topological polar surface area (TPSA) is 141 Å². The van der Waals surface area contributed by atoms with Gasteiger partial charge in [-0.05, 0) is 105 Å². The zero-order chi connectivity index (χ0) is 45.7.